The summed E-state index contributed by atoms with van der Waals surface area (Å²) in [6, 6.07) is 6.04. The molecule has 0 fully saturated rings. The third-order valence-corrected chi connectivity index (χ3v) is 2.03. The molecule has 0 spiro atoms. The Morgan fingerprint density at radius 3 is 2.38 bits per heavy atom. The van der Waals surface area contributed by atoms with Crippen LogP contribution in [0.15, 0.2) is 24.3 Å². The van der Waals surface area contributed by atoms with Crippen LogP contribution in [0.25, 0.3) is 0 Å². The minimum Gasteiger partial charge on any atom is -0.508 e. The maximum absolute atomic E-state index is 11.4. The number of ether oxygens (including phenoxy) is 1. The van der Waals surface area contributed by atoms with Gasteiger partial charge in [-0.15, -0.1) is 0 Å². The van der Waals surface area contributed by atoms with Crippen LogP contribution < -0.4 is 0 Å². The Labute approximate surface area is 109 Å². The molecule has 0 heterocycles. The molecule has 16 heavy (non-hydrogen) atoms. The Balaban J connectivity index is 0.00000225. The van der Waals surface area contributed by atoms with Crippen LogP contribution in [0, 0.1) is 5.92 Å². The van der Waals surface area contributed by atoms with Gasteiger partial charge >= 0.3 is 25.4 Å². The summed E-state index contributed by atoms with van der Waals surface area (Å²) in [6.45, 7) is 4.60. The molecule has 0 bridgehead atoms. The summed E-state index contributed by atoms with van der Waals surface area (Å²) in [4.78, 5) is 11.4. The molecule has 0 saturated carbocycles. The second kappa shape index (κ2) is 7.40. The molecule has 3 nitrogen and oxygen atoms in total. The number of carbonyl (C=O) groups is 1. The maximum Gasteiger partial charge on any atom is 2.00 e. The van der Waals surface area contributed by atoms with E-state index < -0.39 is 0 Å². The van der Waals surface area contributed by atoms with Gasteiger partial charge in [-0.25, -0.2) is 4.79 Å². The minimum absolute atomic E-state index is 0. The van der Waals surface area contributed by atoms with E-state index in [1.54, 1.807) is 12.1 Å². The number of carbonyl (C=O) groups excluding carboxylic acids is 1. The molecule has 0 atom stereocenters. The molecule has 0 aromatic heterocycles. The van der Waals surface area contributed by atoms with E-state index in [-0.39, 0.29) is 31.2 Å². The van der Waals surface area contributed by atoms with Crippen molar-refractivity contribution in [2.24, 2.45) is 5.92 Å². The fourth-order valence-corrected chi connectivity index (χ4v) is 1.07. The van der Waals surface area contributed by atoms with Gasteiger partial charge in [-0.2, -0.15) is 0 Å². The number of aromatic hydroxyl groups is 1. The first kappa shape index (κ1) is 15.1. The summed E-state index contributed by atoms with van der Waals surface area (Å²) in [5.41, 5.74) is 0.469. The van der Waals surface area contributed by atoms with Gasteiger partial charge in [-0.1, -0.05) is 13.8 Å². The van der Waals surface area contributed by atoms with Crippen molar-refractivity contribution in [1.29, 1.82) is 0 Å². The summed E-state index contributed by atoms with van der Waals surface area (Å²) in [5, 5.41) is 9.04. The Hall–Kier alpha value is -0.887. The predicted octanol–water partition coefficient (Wildman–Crippen LogP) is 2.59. The first-order valence-electron chi connectivity index (χ1n) is 5.05. The van der Waals surface area contributed by atoms with Crippen LogP contribution in [0.4, 0.5) is 0 Å². The molecule has 1 aromatic rings. The van der Waals surface area contributed by atoms with Crippen molar-refractivity contribution in [3.05, 3.63) is 29.8 Å². The molecular formula is C12H16O3Zn+2. The van der Waals surface area contributed by atoms with E-state index >= 15 is 0 Å². The molecule has 0 saturated heterocycles. The summed E-state index contributed by atoms with van der Waals surface area (Å²) in [6.07, 6.45) is 0.865. The monoisotopic (exact) mass is 272 g/mol. The summed E-state index contributed by atoms with van der Waals surface area (Å²) >= 11 is 0. The van der Waals surface area contributed by atoms with Crippen LogP contribution in [0.1, 0.15) is 30.6 Å². The maximum atomic E-state index is 11.4. The van der Waals surface area contributed by atoms with Gasteiger partial charge in [0.1, 0.15) is 5.75 Å². The van der Waals surface area contributed by atoms with Gasteiger partial charge in [-0.05, 0) is 36.6 Å². The van der Waals surface area contributed by atoms with Crippen molar-refractivity contribution in [2.45, 2.75) is 20.3 Å². The van der Waals surface area contributed by atoms with E-state index in [9.17, 15) is 4.79 Å². The third-order valence-electron chi connectivity index (χ3n) is 2.03. The van der Waals surface area contributed by atoms with E-state index in [1.165, 1.54) is 12.1 Å². The molecule has 1 N–H and O–H groups in total. The molecule has 0 aliphatic heterocycles. The Morgan fingerprint density at radius 2 is 1.88 bits per heavy atom. The Morgan fingerprint density at radius 1 is 1.31 bits per heavy atom. The van der Waals surface area contributed by atoms with Gasteiger partial charge in [-0.3, -0.25) is 0 Å². The molecule has 0 aliphatic carbocycles. The number of benzene rings is 1. The quantitative estimate of drug-likeness (QED) is 0.677. The van der Waals surface area contributed by atoms with Crippen molar-refractivity contribution >= 4 is 5.97 Å². The van der Waals surface area contributed by atoms with E-state index in [0.717, 1.165) is 6.42 Å². The molecule has 1 rings (SSSR count). The van der Waals surface area contributed by atoms with Gasteiger partial charge in [0.15, 0.2) is 0 Å². The van der Waals surface area contributed by atoms with Crippen LogP contribution in [0.2, 0.25) is 0 Å². The molecule has 4 heteroatoms. The van der Waals surface area contributed by atoms with E-state index in [4.69, 9.17) is 9.84 Å². The number of phenolic OH excluding ortho intramolecular Hbond substituents is 1. The van der Waals surface area contributed by atoms with Crippen molar-refractivity contribution < 1.29 is 34.1 Å². The van der Waals surface area contributed by atoms with E-state index in [2.05, 4.69) is 13.8 Å². The molecule has 0 aliphatic rings. The van der Waals surface area contributed by atoms with Crippen LogP contribution in [-0.2, 0) is 24.2 Å². The molecule has 0 unspecified atom stereocenters. The zero-order valence-corrected chi connectivity index (χ0v) is 12.7. The van der Waals surface area contributed by atoms with Crippen LogP contribution in [0.3, 0.4) is 0 Å². The topological polar surface area (TPSA) is 46.5 Å². The number of hydrogen-bond acceptors (Lipinski definition) is 3. The van der Waals surface area contributed by atoms with Crippen LogP contribution in [0.5, 0.6) is 5.75 Å². The molecule has 82 valence electrons. The number of esters is 1. The number of phenols is 1. The van der Waals surface area contributed by atoms with E-state index in [0.29, 0.717) is 18.1 Å². The molecule has 0 amide bonds. The van der Waals surface area contributed by atoms with Crippen LogP contribution in [-0.4, -0.2) is 17.7 Å². The van der Waals surface area contributed by atoms with Crippen LogP contribution >= 0.6 is 0 Å². The zero-order valence-electron chi connectivity index (χ0n) is 9.77. The third kappa shape index (κ3) is 5.27. The fraction of sp³-hybridized carbons (Fsp3) is 0.417. The number of rotatable bonds is 4. The summed E-state index contributed by atoms with van der Waals surface area (Å²) in [5.74, 6) is 0.335. The first-order chi connectivity index (χ1) is 7.09. The molecular weight excluding hydrogens is 258 g/mol. The predicted molar refractivity (Wildman–Crippen MR) is 57.8 cm³/mol. The minimum atomic E-state index is -0.337. The van der Waals surface area contributed by atoms with Gasteiger partial charge in [0.05, 0.1) is 12.2 Å². The molecule has 0 radical (unpaired) electrons. The van der Waals surface area contributed by atoms with Crippen molar-refractivity contribution in [1.82, 2.24) is 0 Å². The van der Waals surface area contributed by atoms with Gasteiger partial charge in [0.2, 0.25) is 0 Å². The largest absolute Gasteiger partial charge is 2.00 e. The average molecular weight is 274 g/mol. The van der Waals surface area contributed by atoms with Gasteiger partial charge < -0.3 is 9.84 Å². The molecule has 1 aromatic carbocycles. The van der Waals surface area contributed by atoms with Gasteiger partial charge in [0, 0.05) is 0 Å². The second-order valence-electron chi connectivity index (χ2n) is 3.87. The van der Waals surface area contributed by atoms with Gasteiger partial charge in [0.25, 0.3) is 0 Å². The summed E-state index contributed by atoms with van der Waals surface area (Å²) < 4.78 is 5.06. The Kier molecular flexibility index (Phi) is 6.99. The Bertz CT molecular complexity index is 320. The second-order valence-corrected chi connectivity index (χ2v) is 3.87. The standard InChI is InChI=1S/C12H16O3.Zn/c1-9(2)7-8-15-12(14)10-3-5-11(13)6-4-10;/h3-6,9,13H,7-8H2,1-2H3;/q;+2. The average Bonchev–Trinajstić information content (AvgIpc) is 2.18. The number of hydrogen-bond donors (Lipinski definition) is 1. The van der Waals surface area contributed by atoms with Crippen molar-refractivity contribution in [2.75, 3.05) is 6.61 Å². The SMILES string of the molecule is CC(C)CCOC(=O)c1ccc(O)cc1.[Zn+2]. The fourth-order valence-electron chi connectivity index (χ4n) is 1.07. The van der Waals surface area contributed by atoms with Crippen molar-refractivity contribution in [3.63, 3.8) is 0 Å². The smallest absolute Gasteiger partial charge is 0.508 e. The summed E-state index contributed by atoms with van der Waals surface area (Å²) in [7, 11) is 0. The normalized spacial score (nSPS) is 9.69. The van der Waals surface area contributed by atoms with E-state index in [1.807, 2.05) is 0 Å². The zero-order chi connectivity index (χ0) is 11.3. The van der Waals surface area contributed by atoms with Crippen molar-refractivity contribution in [3.8, 4) is 5.75 Å². The first-order valence-corrected chi connectivity index (χ1v) is 5.05.